The molecule has 2 N–H and O–H groups in total. The number of hydrogen-bond donors (Lipinski definition) is 2. The summed E-state index contributed by atoms with van der Waals surface area (Å²) in [4.78, 5) is 0. The largest absolute Gasteiger partial charge is 0.292 e. The van der Waals surface area contributed by atoms with Crippen molar-refractivity contribution in [2.24, 2.45) is 0 Å². The van der Waals surface area contributed by atoms with E-state index in [1.807, 2.05) is 11.3 Å². The quantitative estimate of drug-likeness (QED) is 0.818. The van der Waals surface area contributed by atoms with E-state index in [0.29, 0.717) is 0 Å². The molecule has 1 heterocycles. The van der Waals surface area contributed by atoms with E-state index in [9.17, 15) is 0 Å². The summed E-state index contributed by atoms with van der Waals surface area (Å²) in [6.07, 6.45) is 4.02. The van der Waals surface area contributed by atoms with E-state index in [1.54, 1.807) is 0 Å². The second-order valence-corrected chi connectivity index (χ2v) is 7.46. The molecule has 0 saturated heterocycles. The number of nitrogens with one attached hydrogen (secondary N) is 2. The third kappa shape index (κ3) is 3.15. The van der Waals surface area contributed by atoms with Gasteiger partial charge in [0.05, 0.1) is 5.69 Å². The zero-order valence-corrected chi connectivity index (χ0v) is 13.5. The molecule has 2 rings (SSSR count). The molecule has 0 aliphatic carbocycles. The lowest BCUT2D eigenvalue weighted by Gasteiger charge is -2.33. The number of benzene rings is 1. The average Bonchev–Trinajstić information content (AvgIpc) is 2.37. The van der Waals surface area contributed by atoms with E-state index in [1.165, 1.54) is 11.1 Å². The molecule has 3 heteroatoms. The van der Waals surface area contributed by atoms with Gasteiger partial charge in [0.25, 0.3) is 0 Å². The Morgan fingerprint density at radius 2 is 1.60 bits per heavy atom. The van der Waals surface area contributed by atoms with Crippen LogP contribution in [0.5, 0.6) is 0 Å². The van der Waals surface area contributed by atoms with Crippen molar-refractivity contribution in [3.05, 3.63) is 41.6 Å². The summed E-state index contributed by atoms with van der Waals surface area (Å²) < 4.78 is 0. The highest BCUT2D eigenvalue weighted by Crippen LogP contribution is 2.36. The molecule has 1 aliphatic rings. The van der Waals surface area contributed by atoms with Gasteiger partial charge in [0, 0.05) is 12.7 Å². The minimum atomic E-state index is 0.129. The van der Waals surface area contributed by atoms with Gasteiger partial charge in [-0.3, -0.25) is 5.43 Å². The van der Waals surface area contributed by atoms with Gasteiger partial charge in [-0.15, -0.1) is 0 Å². The van der Waals surface area contributed by atoms with Crippen molar-refractivity contribution in [2.45, 2.75) is 52.4 Å². The summed E-state index contributed by atoms with van der Waals surface area (Å²) in [5.41, 5.74) is 10.8. The molecular weight excluding hydrogens is 246 g/mol. The molecule has 0 amide bonds. The minimum Gasteiger partial charge on any atom is -0.292 e. The van der Waals surface area contributed by atoms with Gasteiger partial charge in [-0.25, -0.2) is 10.5 Å². The Kier molecular flexibility index (Phi) is 3.83. The zero-order chi connectivity index (χ0) is 15.0. The van der Waals surface area contributed by atoms with Crippen LogP contribution in [0.1, 0.15) is 52.7 Å². The first-order valence-electron chi connectivity index (χ1n) is 7.29. The SMILES string of the molecule is CC(C)(C)c1ccc(N2NC=CCN2)cc1C(C)(C)C. The van der Waals surface area contributed by atoms with Crippen molar-refractivity contribution in [3.63, 3.8) is 0 Å². The van der Waals surface area contributed by atoms with Crippen molar-refractivity contribution in [3.8, 4) is 0 Å². The fourth-order valence-corrected chi connectivity index (χ4v) is 2.49. The normalized spacial score (nSPS) is 16.2. The summed E-state index contributed by atoms with van der Waals surface area (Å²) in [6, 6.07) is 6.73. The van der Waals surface area contributed by atoms with Crippen LogP contribution in [0.15, 0.2) is 30.5 Å². The van der Waals surface area contributed by atoms with E-state index in [4.69, 9.17) is 0 Å². The molecule has 1 aromatic carbocycles. The molecule has 0 atom stereocenters. The van der Waals surface area contributed by atoms with Crippen LogP contribution in [0.3, 0.4) is 0 Å². The van der Waals surface area contributed by atoms with E-state index in [-0.39, 0.29) is 10.8 Å². The van der Waals surface area contributed by atoms with Crippen LogP contribution in [0, 0.1) is 0 Å². The van der Waals surface area contributed by atoms with Gasteiger partial charge in [0.1, 0.15) is 0 Å². The van der Waals surface area contributed by atoms with Crippen molar-refractivity contribution in [1.82, 2.24) is 10.9 Å². The minimum absolute atomic E-state index is 0.129. The van der Waals surface area contributed by atoms with Crippen LogP contribution in [0.25, 0.3) is 0 Å². The maximum Gasteiger partial charge on any atom is 0.0759 e. The third-order valence-corrected chi connectivity index (χ3v) is 3.57. The van der Waals surface area contributed by atoms with Crippen molar-refractivity contribution in [1.29, 1.82) is 0 Å². The first-order chi connectivity index (χ1) is 9.19. The summed E-state index contributed by atoms with van der Waals surface area (Å²) >= 11 is 0. The van der Waals surface area contributed by atoms with Crippen LogP contribution in [-0.4, -0.2) is 6.54 Å². The Bertz CT molecular complexity index is 504. The van der Waals surface area contributed by atoms with Crippen LogP contribution >= 0.6 is 0 Å². The Morgan fingerprint density at radius 1 is 0.950 bits per heavy atom. The van der Waals surface area contributed by atoms with Crippen LogP contribution in [0.2, 0.25) is 0 Å². The monoisotopic (exact) mass is 273 g/mol. The number of anilines is 1. The Hall–Kier alpha value is -1.48. The first-order valence-corrected chi connectivity index (χ1v) is 7.29. The lowest BCUT2D eigenvalue weighted by Crippen LogP contribution is -2.48. The molecule has 0 spiro atoms. The summed E-state index contributed by atoms with van der Waals surface area (Å²) in [5.74, 6) is 0. The second-order valence-electron chi connectivity index (χ2n) is 7.46. The van der Waals surface area contributed by atoms with E-state index in [2.05, 4.69) is 76.7 Å². The molecular formula is C17H27N3. The van der Waals surface area contributed by atoms with Gasteiger partial charge in [-0.05, 0) is 34.1 Å². The van der Waals surface area contributed by atoms with Crippen molar-refractivity contribution in [2.75, 3.05) is 11.7 Å². The third-order valence-electron chi connectivity index (χ3n) is 3.57. The molecule has 0 saturated carbocycles. The molecule has 1 aromatic rings. The maximum atomic E-state index is 3.31. The smallest absolute Gasteiger partial charge is 0.0759 e. The molecule has 0 fully saturated rings. The first kappa shape index (κ1) is 14.9. The fourth-order valence-electron chi connectivity index (χ4n) is 2.49. The van der Waals surface area contributed by atoms with Gasteiger partial charge in [0.2, 0.25) is 0 Å². The Labute approximate surface area is 123 Å². The Balaban J connectivity index is 2.46. The second kappa shape index (κ2) is 5.13. The van der Waals surface area contributed by atoms with Gasteiger partial charge in [-0.2, -0.15) is 0 Å². The maximum absolute atomic E-state index is 3.31. The standard InChI is InChI=1S/C17H27N3/c1-16(2,3)14-9-8-13(12-15(14)17(4,5)6)20-18-10-7-11-19-20/h7-10,12,18-19H,11H2,1-6H3. The lowest BCUT2D eigenvalue weighted by molar-refractivity contribution is 0.528. The molecule has 0 aromatic heterocycles. The molecule has 0 bridgehead atoms. The van der Waals surface area contributed by atoms with Gasteiger partial charge in [-0.1, -0.05) is 53.7 Å². The molecule has 3 nitrogen and oxygen atoms in total. The highest BCUT2D eigenvalue weighted by molar-refractivity contribution is 5.53. The van der Waals surface area contributed by atoms with Gasteiger partial charge < -0.3 is 0 Å². The highest BCUT2D eigenvalue weighted by atomic mass is 15.7. The van der Waals surface area contributed by atoms with Crippen LogP contribution in [0.4, 0.5) is 5.69 Å². The highest BCUT2D eigenvalue weighted by Gasteiger charge is 2.26. The molecule has 110 valence electrons. The van der Waals surface area contributed by atoms with Gasteiger partial charge >= 0.3 is 0 Å². The molecule has 1 aliphatic heterocycles. The van der Waals surface area contributed by atoms with Crippen LogP contribution in [-0.2, 0) is 10.8 Å². The van der Waals surface area contributed by atoms with E-state index >= 15 is 0 Å². The fraction of sp³-hybridized carbons (Fsp3) is 0.529. The van der Waals surface area contributed by atoms with E-state index in [0.717, 1.165) is 12.2 Å². The van der Waals surface area contributed by atoms with Crippen molar-refractivity contribution >= 4 is 5.69 Å². The number of hydrogen-bond acceptors (Lipinski definition) is 3. The topological polar surface area (TPSA) is 27.3 Å². The molecule has 0 unspecified atom stereocenters. The summed E-state index contributed by atoms with van der Waals surface area (Å²) in [5, 5.41) is 1.97. The number of rotatable bonds is 1. The predicted molar refractivity (Wildman–Crippen MR) is 86.6 cm³/mol. The number of hydrazine groups is 2. The predicted octanol–water partition coefficient (Wildman–Crippen LogP) is 3.62. The van der Waals surface area contributed by atoms with Crippen molar-refractivity contribution < 1.29 is 0 Å². The van der Waals surface area contributed by atoms with E-state index < -0.39 is 0 Å². The molecule has 0 radical (unpaired) electrons. The zero-order valence-electron chi connectivity index (χ0n) is 13.5. The summed E-state index contributed by atoms with van der Waals surface area (Å²) in [7, 11) is 0. The molecule has 20 heavy (non-hydrogen) atoms. The number of nitrogens with zero attached hydrogens (tertiary/aromatic N) is 1. The summed E-state index contributed by atoms with van der Waals surface area (Å²) in [6.45, 7) is 14.5. The van der Waals surface area contributed by atoms with Crippen LogP contribution < -0.4 is 16.0 Å². The lowest BCUT2D eigenvalue weighted by atomic mass is 9.75. The van der Waals surface area contributed by atoms with Gasteiger partial charge in [0.15, 0.2) is 0 Å². The Morgan fingerprint density at radius 3 is 2.10 bits per heavy atom. The average molecular weight is 273 g/mol.